The molecule has 1 aromatic rings. The molecule has 2 aliphatic heterocycles. The summed E-state index contributed by atoms with van der Waals surface area (Å²) in [7, 11) is 0. The maximum Gasteiger partial charge on any atom is 0.119 e. The van der Waals surface area contributed by atoms with Crippen LogP contribution in [0.4, 0.5) is 0 Å². The molecular weight excluding hydrogens is 292 g/mol. The lowest BCUT2D eigenvalue weighted by molar-refractivity contribution is 0.0182. The van der Waals surface area contributed by atoms with E-state index in [1.807, 2.05) is 30.3 Å². The third-order valence-corrected chi connectivity index (χ3v) is 4.70. The topological polar surface area (TPSA) is 45.2 Å². The van der Waals surface area contributed by atoms with Gasteiger partial charge in [0.2, 0.25) is 0 Å². The Labute approximate surface area is 138 Å². The highest BCUT2D eigenvalue weighted by molar-refractivity contribution is 5.20. The van der Waals surface area contributed by atoms with Crippen LogP contribution in [0.3, 0.4) is 0 Å². The first-order valence-electron chi connectivity index (χ1n) is 8.71. The molecule has 0 amide bonds. The van der Waals surface area contributed by atoms with Crippen molar-refractivity contribution in [3.05, 3.63) is 30.3 Å². The zero-order valence-electron chi connectivity index (χ0n) is 13.8. The number of para-hydroxylation sites is 1. The quantitative estimate of drug-likeness (QED) is 0.818. The van der Waals surface area contributed by atoms with E-state index in [0.29, 0.717) is 19.2 Å². The maximum atomic E-state index is 10.3. The van der Waals surface area contributed by atoms with Gasteiger partial charge in [-0.15, -0.1) is 0 Å². The fraction of sp³-hybridized carbons (Fsp3) is 0.667. The minimum absolute atomic E-state index is 0.352. The summed E-state index contributed by atoms with van der Waals surface area (Å²) in [6.07, 6.45) is 2.01. The minimum Gasteiger partial charge on any atom is -0.491 e. The molecule has 1 aromatic carbocycles. The van der Waals surface area contributed by atoms with Crippen molar-refractivity contribution in [3.8, 4) is 5.75 Å². The Bertz CT molecular complexity index is 451. The average molecular weight is 320 g/mol. The number of morpholine rings is 1. The predicted molar refractivity (Wildman–Crippen MR) is 89.8 cm³/mol. The van der Waals surface area contributed by atoms with Crippen LogP contribution in [0.25, 0.3) is 0 Å². The Kier molecular flexibility index (Phi) is 6.28. The standard InChI is InChI=1S/C18H28N2O3/c21-17(15-23-18-6-2-1-3-7-18)14-20-8-4-5-16(20)13-19-9-11-22-12-10-19/h1-3,6-7,16-17,21H,4-5,8-15H2. The molecule has 2 heterocycles. The molecule has 0 spiro atoms. The van der Waals surface area contributed by atoms with Gasteiger partial charge in [0.1, 0.15) is 18.5 Å². The van der Waals surface area contributed by atoms with Crippen LogP contribution in [-0.4, -0.2) is 79.6 Å². The van der Waals surface area contributed by atoms with Crippen molar-refractivity contribution < 1.29 is 14.6 Å². The fourth-order valence-electron chi connectivity index (χ4n) is 3.46. The summed E-state index contributed by atoms with van der Waals surface area (Å²) in [4.78, 5) is 4.91. The number of ether oxygens (including phenoxy) is 2. The van der Waals surface area contributed by atoms with E-state index in [0.717, 1.165) is 45.1 Å². The molecule has 128 valence electrons. The zero-order chi connectivity index (χ0) is 15.9. The van der Waals surface area contributed by atoms with Crippen molar-refractivity contribution in [1.82, 2.24) is 9.80 Å². The van der Waals surface area contributed by atoms with Crippen LogP contribution in [0, 0.1) is 0 Å². The molecule has 0 aliphatic carbocycles. The van der Waals surface area contributed by atoms with Gasteiger partial charge in [-0.1, -0.05) is 18.2 Å². The largest absolute Gasteiger partial charge is 0.491 e. The highest BCUT2D eigenvalue weighted by atomic mass is 16.5. The summed E-state index contributed by atoms with van der Waals surface area (Å²) in [5, 5.41) is 10.3. The summed E-state index contributed by atoms with van der Waals surface area (Å²) in [6, 6.07) is 10.2. The van der Waals surface area contributed by atoms with Gasteiger partial charge in [-0.2, -0.15) is 0 Å². The number of likely N-dealkylation sites (tertiary alicyclic amines) is 1. The second-order valence-corrected chi connectivity index (χ2v) is 6.48. The Hall–Kier alpha value is -1.14. The van der Waals surface area contributed by atoms with Gasteiger partial charge in [-0.05, 0) is 31.5 Å². The van der Waals surface area contributed by atoms with Crippen LogP contribution in [-0.2, 0) is 4.74 Å². The molecule has 23 heavy (non-hydrogen) atoms. The summed E-state index contributed by atoms with van der Waals surface area (Å²) < 4.78 is 11.1. The Morgan fingerprint density at radius 2 is 1.96 bits per heavy atom. The molecule has 2 unspecified atom stereocenters. The molecule has 2 atom stereocenters. The monoisotopic (exact) mass is 320 g/mol. The molecule has 5 heteroatoms. The summed E-state index contributed by atoms with van der Waals surface area (Å²) in [5.41, 5.74) is 0. The van der Waals surface area contributed by atoms with Crippen LogP contribution < -0.4 is 4.74 Å². The first-order chi connectivity index (χ1) is 11.3. The number of benzene rings is 1. The second kappa shape index (κ2) is 8.64. The number of β-amino-alcohol motifs (C(OH)–C–C–N with tert-alkyl or cyclic N) is 1. The van der Waals surface area contributed by atoms with E-state index in [-0.39, 0.29) is 0 Å². The lowest BCUT2D eigenvalue weighted by atomic mass is 10.2. The minimum atomic E-state index is -0.444. The fourth-order valence-corrected chi connectivity index (χ4v) is 3.46. The van der Waals surface area contributed by atoms with Crippen molar-refractivity contribution in [2.45, 2.75) is 25.0 Å². The first kappa shape index (κ1) is 16.7. The van der Waals surface area contributed by atoms with Crippen LogP contribution in [0.5, 0.6) is 5.75 Å². The van der Waals surface area contributed by atoms with Crippen molar-refractivity contribution in [2.75, 3.05) is 52.5 Å². The smallest absolute Gasteiger partial charge is 0.119 e. The van der Waals surface area contributed by atoms with Gasteiger partial charge in [-0.25, -0.2) is 0 Å². The SMILES string of the molecule is OC(COc1ccccc1)CN1CCCC1CN1CCOCC1. The van der Waals surface area contributed by atoms with Crippen LogP contribution in [0.1, 0.15) is 12.8 Å². The molecule has 2 aliphatic rings. The molecule has 3 rings (SSSR count). The van der Waals surface area contributed by atoms with Gasteiger partial charge in [0.15, 0.2) is 0 Å². The third-order valence-electron chi connectivity index (χ3n) is 4.70. The Balaban J connectivity index is 1.42. The molecule has 1 N–H and O–H groups in total. The van der Waals surface area contributed by atoms with E-state index in [1.54, 1.807) is 0 Å². The molecule has 0 saturated carbocycles. The van der Waals surface area contributed by atoms with Gasteiger partial charge in [0.25, 0.3) is 0 Å². The van der Waals surface area contributed by atoms with Crippen molar-refractivity contribution in [1.29, 1.82) is 0 Å². The van der Waals surface area contributed by atoms with E-state index in [9.17, 15) is 5.11 Å². The van der Waals surface area contributed by atoms with Crippen molar-refractivity contribution in [2.24, 2.45) is 0 Å². The van der Waals surface area contributed by atoms with Crippen LogP contribution in [0.15, 0.2) is 30.3 Å². The maximum absolute atomic E-state index is 10.3. The number of aliphatic hydroxyl groups excluding tert-OH is 1. The summed E-state index contributed by atoms with van der Waals surface area (Å²) in [6.45, 7) is 6.98. The first-order valence-corrected chi connectivity index (χ1v) is 8.71. The van der Waals surface area contributed by atoms with Crippen LogP contribution >= 0.6 is 0 Å². The molecule has 0 radical (unpaired) electrons. The van der Waals surface area contributed by atoms with Gasteiger partial charge < -0.3 is 14.6 Å². The predicted octanol–water partition coefficient (Wildman–Crippen LogP) is 1.22. The molecule has 2 saturated heterocycles. The van der Waals surface area contributed by atoms with E-state index < -0.39 is 6.10 Å². The number of rotatable bonds is 7. The molecule has 0 bridgehead atoms. The lowest BCUT2D eigenvalue weighted by Gasteiger charge is -2.33. The van der Waals surface area contributed by atoms with Crippen molar-refractivity contribution >= 4 is 0 Å². The lowest BCUT2D eigenvalue weighted by Crippen LogP contribution is -2.47. The second-order valence-electron chi connectivity index (χ2n) is 6.48. The molecule has 2 fully saturated rings. The van der Waals surface area contributed by atoms with E-state index in [1.165, 1.54) is 12.8 Å². The summed E-state index contributed by atoms with van der Waals surface area (Å²) in [5.74, 6) is 0.817. The Morgan fingerprint density at radius 3 is 2.74 bits per heavy atom. The van der Waals surface area contributed by atoms with E-state index >= 15 is 0 Å². The van der Waals surface area contributed by atoms with Gasteiger partial charge in [0.05, 0.1) is 13.2 Å². The van der Waals surface area contributed by atoms with Crippen LogP contribution in [0.2, 0.25) is 0 Å². The summed E-state index contributed by atoms with van der Waals surface area (Å²) >= 11 is 0. The normalized spacial score (nSPS) is 24.7. The van der Waals surface area contributed by atoms with Crippen molar-refractivity contribution in [3.63, 3.8) is 0 Å². The number of nitrogens with zero attached hydrogens (tertiary/aromatic N) is 2. The average Bonchev–Trinajstić information content (AvgIpc) is 3.02. The highest BCUT2D eigenvalue weighted by Crippen LogP contribution is 2.19. The number of hydrogen-bond acceptors (Lipinski definition) is 5. The highest BCUT2D eigenvalue weighted by Gasteiger charge is 2.28. The zero-order valence-corrected chi connectivity index (χ0v) is 13.8. The third kappa shape index (κ3) is 5.18. The van der Waals surface area contributed by atoms with E-state index in [2.05, 4.69) is 9.80 Å². The van der Waals surface area contributed by atoms with E-state index in [4.69, 9.17) is 9.47 Å². The molecule has 0 aromatic heterocycles. The molecule has 5 nitrogen and oxygen atoms in total. The van der Waals surface area contributed by atoms with Gasteiger partial charge in [-0.3, -0.25) is 9.80 Å². The molecular formula is C18H28N2O3. The number of aliphatic hydroxyl groups is 1. The van der Waals surface area contributed by atoms with Gasteiger partial charge >= 0.3 is 0 Å². The van der Waals surface area contributed by atoms with Gasteiger partial charge in [0, 0.05) is 32.2 Å². The number of hydrogen-bond donors (Lipinski definition) is 1. The Morgan fingerprint density at radius 1 is 1.17 bits per heavy atom.